The Morgan fingerprint density at radius 3 is 2.86 bits per heavy atom. The van der Waals surface area contributed by atoms with Crippen LogP contribution in [0.15, 0.2) is 24.3 Å². The molecule has 3 unspecified atom stereocenters. The van der Waals surface area contributed by atoms with Gasteiger partial charge in [-0.15, -0.1) is 0 Å². The summed E-state index contributed by atoms with van der Waals surface area (Å²) in [5, 5.41) is 9.09. The lowest BCUT2D eigenvalue weighted by molar-refractivity contribution is -0.154. The zero-order valence-electron chi connectivity index (χ0n) is 12.7. The van der Waals surface area contributed by atoms with Crippen molar-refractivity contribution in [2.24, 2.45) is 11.8 Å². The number of hydrogen-bond acceptors (Lipinski definition) is 4. The van der Waals surface area contributed by atoms with Crippen LogP contribution in [0.5, 0.6) is 0 Å². The summed E-state index contributed by atoms with van der Waals surface area (Å²) < 4.78 is 4.95. The highest BCUT2D eigenvalue weighted by molar-refractivity contribution is 5.87. The molecule has 5 nitrogen and oxygen atoms in total. The lowest BCUT2D eigenvalue weighted by Gasteiger charge is -2.49. The summed E-state index contributed by atoms with van der Waals surface area (Å²) in [5.74, 6) is -0.523. The van der Waals surface area contributed by atoms with Crippen LogP contribution < -0.4 is 0 Å². The molecule has 1 saturated carbocycles. The molecular weight excluding hydrogens is 282 g/mol. The van der Waals surface area contributed by atoms with E-state index in [0.29, 0.717) is 18.0 Å². The van der Waals surface area contributed by atoms with E-state index in [2.05, 4.69) is 4.90 Å². The van der Waals surface area contributed by atoms with E-state index in [0.717, 1.165) is 24.9 Å². The third-order valence-electron chi connectivity index (χ3n) is 4.95. The first-order valence-corrected chi connectivity index (χ1v) is 7.72. The number of carboxylic acids is 1. The topological polar surface area (TPSA) is 66.8 Å². The minimum Gasteiger partial charge on any atom is -0.478 e. The van der Waals surface area contributed by atoms with E-state index in [-0.39, 0.29) is 17.9 Å². The van der Waals surface area contributed by atoms with Gasteiger partial charge in [0.1, 0.15) is 0 Å². The summed E-state index contributed by atoms with van der Waals surface area (Å²) in [6.07, 6.45) is 3.11. The molecule has 3 aliphatic rings. The van der Waals surface area contributed by atoms with Crippen LogP contribution in [0.1, 0.15) is 35.2 Å². The van der Waals surface area contributed by atoms with E-state index >= 15 is 0 Å². The van der Waals surface area contributed by atoms with Crippen molar-refractivity contribution in [3.63, 3.8) is 0 Å². The van der Waals surface area contributed by atoms with Gasteiger partial charge in [-0.25, -0.2) is 4.79 Å². The monoisotopic (exact) mass is 303 g/mol. The molecule has 1 aromatic carbocycles. The molecule has 22 heavy (non-hydrogen) atoms. The first-order chi connectivity index (χ1) is 10.6. The van der Waals surface area contributed by atoms with Crippen molar-refractivity contribution in [2.75, 3.05) is 13.7 Å². The van der Waals surface area contributed by atoms with Crippen LogP contribution in [0, 0.1) is 11.8 Å². The average molecular weight is 303 g/mol. The number of benzene rings is 1. The number of fused-ring (bicyclic) bond motifs is 3. The Kier molecular flexibility index (Phi) is 4.16. The summed E-state index contributed by atoms with van der Waals surface area (Å²) in [4.78, 5) is 25.4. The fraction of sp³-hybridized carbons (Fsp3) is 0.529. The van der Waals surface area contributed by atoms with Gasteiger partial charge in [0.2, 0.25) is 0 Å². The molecule has 0 aromatic heterocycles. The number of esters is 1. The molecule has 0 amide bonds. The zero-order valence-corrected chi connectivity index (χ0v) is 12.7. The maximum atomic E-state index is 12.0. The quantitative estimate of drug-likeness (QED) is 0.863. The van der Waals surface area contributed by atoms with Crippen molar-refractivity contribution in [1.82, 2.24) is 4.90 Å². The first kappa shape index (κ1) is 15.0. The fourth-order valence-corrected chi connectivity index (χ4v) is 3.94. The third-order valence-corrected chi connectivity index (χ3v) is 4.95. The highest BCUT2D eigenvalue weighted by Crippen LogP contribution is 2.40. The number of ether oxygens (including phenoxy) is 1. The number of rotatable bonds is 4. The maximum absolute atomic E-state index is 12.0. The van der Waals surface area contributed by atoms with Crippen molar-refractivity contribution in [2.45, 2.75) is 31.8 Å². The largest absolute Gasteiger partial charge is 0.478 e. The van der Waals surface area contributed by atoms with Crippen molar-refractivity contribution in [1.29, 1.82) is 0 Å². The van der Waals surface area contributed by atoms with E-state index < -0.39 is 5.97 Å². The summed E-state index contributed by atoms with van der Waals surface area (Å²) in [7, 11) is 1.45. The number of carbonyl (C=O) groups is 2. The van der Waals surface area contributed by atoms with Gasteiger partial charge in [0.25, 0.3) is 0 Å². The second kappa shape index (κ2) is 6.08. The number of hydrogen-bond donors (Lipinski definition) is 1. The summed E-state index contributed by atoms with van der Waals surface area (Å²) in [6, 6.07) is 7.26. The van der Waals surface area contributed by atoms with E-state index in [9.17, 15) is 9.59 Å². The molecule has 3 atom stereocenters. The molecule has 2 heterocycles. The summed E-state index contributed by atoms with van der Waals surface area (Å²) in [5.41, 5.74) is 1.29. The molecule has 3 fully saturated rings. The Morgan fingerprint density at radius 1 is 1.36 bits per heavy atom. The summed E-state index contributed by atoms with van der Waals surface area (Å²) in [6.45, 7) is 1.67. The molecule has 5 heteroatoms. The normalized spacial score (nSPS) is 27.6. The summed E-state index contributed by atoms with van der Waals surface area (Å²) >= 11 is 0. The third kappa shape index (κ3) is 2.86. The number of carboxylic acid groups (broad SMARTS) is 1. The predicted molar refractivity (Wildman–Crippen MR) is 80.4 cm³/mol. The molecule has 2 bridgehead atoms. The minimum absolute atomic E-state index is 0.0415. The van der Waals surface area contributed by atoms with Crippen LogP contribution in [0.25, 0.3) is 0 Å². The molecule has 2 aliphatic heterocycles. The Hall–Kier alpha value is -1.88. The molecule has 4 rings (SSSR count). The molecule has 1 aromatic rings. The van der Waals surface area contributed by atoms with Crippen LogP contribution in [0.4, 0.5) is 0 Å². The molecular formula is C17H21NO4. The second-order valence-electron chi connectivity index (χ2n) is 6.31. The SMILES string of the molecule is COC(=O)C1CC2CCC1N(Cc1cccc(C(=O)O)c1)C2. The average Bonchev–Trinajstić information content (AvgIpc) is 2.54. The van der Waals surface area contributed by atoms with Crippen LogP contribution >= 0.6 is 0 Å². The molecule has 1 aliphatic carbocycles. The number of methoxy groups -OCH3 is 1. The van der Waals surface area contributed by atoms with Crippen LogP contribution in [-0.4, -0.2) is 41.6 Å². The molecule has 118 valence electrons. The van der Waals surface area contributed by atoms with Crippen molar-refractivity contribution in [3.8, 4) is 0 Å². The Morgan fingerprint density at radius 2 is 2.18 bits per heavy atom. The van der Waals surface area contributed by atoms with Crippen LogP contribution in [-0.2, 0) is 16.1 Å². The van der Waals surface area contributed by atoms with Gasteiger partial charge in [0, 0.05) is 19.1 Å². The first-order valence-electron chi connectivity index (χ1n) is 7.72. The van der Waals surface area contributed by atoms with E-state index in [4.69, 9.17) is 9.84 Å². The van der Waals surface area contributed by atoms with E-state index in [1.165, 1.54) is 13.5 Å². The van der Waals surface area contributed by atoms with Gasteiger partial charge >= 0.3 is 11.9 Å². The number of piperidine rings is 2. The van der Waals surface area contributed by atoms with Crippen molar-refractivity contribution in [3.05, 3.63) is 35.4 Å². The maximum Gasteiger partial charge on any atom is 0.335 e. The Balaban J connectivity index is 1.76. The number of aromatic carboxylic acids is 1. The lowest BCUT2D eigenvalue weighted by Crippen LogP contribution is -2.54. The molecule has 2 saturated heterocycles. The Labute approximate surface area is 129 Å². The second-order valence-corrected chi connectivity index (χ2v) is 6.31. The van der Waals surface area contributed by atoms with Gasteiger partial charge in [0.05, 0.1) is 18.6 Å². The molecule has 0 spiro atoms. The van der Waals surface area contributed by atoms with Gasteiger partial charge < -0.3 is 9.84 Å². The molecule has 0 radical (unpaired) electrons. The van der Waals surface area contributed by atoms with Crippen molar-refractivity contribution < 1.29 is 19.4 Å². The number of nitrogens with zero attached hydrogens (tertiary/aromatic N) is 1. The lowest BCUT2D eigenvalue weighted by atomic mass is 9.72. The number of carbonyl (C=O) groups excluding carboxylic acids is 1. The van der Waals surface area contributed by atoms with Gasteiger partial charge in [-0.2, -0.15) is 0 Å². The minimum atomic E-state index is -0.908. The molecule has 1 N–H and O–H groups in total. The highest BCUT2D eigenvalue weighted by atomic mass is 16.5. The van der Waals surface area contributed by atoms with E-state index in [1.807, 2.05) is 6.07 Å². The predicted octanol–water partition coefficient (Wildman–Crippen LogP) is 2.16. The van der Waals surface area contributed by atoms with Gasteiger partial charge in [-0.1, -0.05) is 12.1 Å². The smallest absolute Gasteiger partial charge is 0.335 e. The fourth-order valence-electron chi connectivity index (χ4n) is 3.94. The standard InChI is InChI=1S/C17H21NO4/c1-22-17(21)14-8-12-5-6-15(14)18(10-12)9-11-3-2-4-13(7-11)16(19)20/h2-4,7,12,14-15H,5-6,8-10H2,1H3,(H,19,20). The zero-order chi connectivity index (χ0) is 15.7. The van der Waals surface area contributed by atoms with Gasteiger partial charge in [-0.3, -0.25) is 9.69 Å². The van der Waals surface area contributed by atoms with Crippen LogP contribution in [0.3, 0.4) is 0 Å². The van der Waals surface area contributed by atoms with Gasteiger partial charge in [0.15, 0.2) is 0 Å². The van der Waals surface area contributed by atoms with E-state index in [1.54, 1.807) is 18.2 Å². The van der Waals surface area contributed by atoms with Crippen molar-refractivity contribution >= 4 is 11.9 Å². The van der Waals surface area contributed by atoms with Gasteiger partial charge in [-0.05, 0) is 42.9 Å². The highest BCUT2D eigenvalue weighted by Gasteiger charge is 2.44. The van der Waals surface area contributed by atoms with Crippen LogP contribution in [0.2, 0.25) is 0 Å². The Bertz CT molecular complexity index is 586.